The fourth-order valence-corrected chi connectivity index (χ4v) is 3.45. The zero-order valence-corrected chi connectivity index (χ0v) is 16.7. The largest absolute Gasteiger partial charge is 0.507 e. The first-order valence-corrected chi connectivity index (χ1v) is 9.80. The summed E-state index contributed by atoms with van der Waals surface area (Å²) in [4.78, 5) is 8.56. The van der Waals surface area contributed by atoms with Gasteiger partial charge in [-0.05, 0) is 62.1 Å². The molecule has 172 valence electrons. The maximum Gasteiger partial charge on any atom is 0.416 e. The quantitative estimate of drug-likeness (QED) is 0.437. The van der Waals surface area contributed by atoms with Crippen molar-refractivity contribution in [1.29, 1.82) is 0 Å². The highest BCUT2D eigenvalue weighted by atomic mass is 19.4. The second-order valence-corrected chi connectivity index (χ2v) is 7.57. The van der Waals surface area contributed by atoms with E-state index in [0.717, 1.165) is 36.4 Å². The van der Waals surface area contributed by atoms with Gasteiger partial charge in [0.25, 0.3) is 0 Å². The van der Waals surface area contributed by atoms with Gasteiger partial charge in [-0.3, -0.25) is 9.98 Å². The normalized spacial score (nSPS) is 20.3. The minimum absolute atomic E-state index is 0.0562. The number of alkyl halides is 6. The van der Waals surface area contributed by atoms with Crippen LogP contribution in [-0.4, -0.2) is 34.7 Å². The third-order valence-corrected chi connectivity index (χ3v) is 5.18. The second-order valence-electron chi connectivity index (χ2n) is 7.57. The van der Waals surface area contributed by atoms with E-state index in [4.69, 9.17) is 0 Å². The van der Waals surface area contributed by atoms with Crippen molar-refractivity contribution in [2.45, 2.75) is 50.1 Å². The predicted molar refractivity (Wildman–Crippen MR) is 107 cm³/mol. The Kier molecular flexibility index (Phi) is 6.80. The summed E-state index contributed by atoms with van der Waals surface area (Å²) in [6.45, 7) is 0. The molecule has 0 amide bonds. The van der Waals surface area contributed by atoms with Gasteiger partial charge < -0.3 is 10.2 Å². The molecule has 0 spiro atoms. The Balaban J connectivity index is 1.70. The molecule has 2 N–H and O–H groups in total. The van der Waals surface area contributed by atoms with Gasteiger partial charge in [-0.15, -0.1) is 0 Å². The number of hydrogen-bond donors (Lipinski definition) is 2. The van der Waals surface area contributed by atoms with Gasteiger partial charge in [0.05, 0.1) is 23.2 Å². The SMILES string of the molecule is Oc1ccc(C(F)(F)F)cc1C=NC1CCCC(N=Cc2cc(C(F)(F)F)ccc2O)C1. The zero-order valence-electron chi connectivity index (χ0n) is 16.7. The lowest BCUT2D eigenvalue weighted by atomic mass is 9.91. The molecule has 0 radical (unpaired) electrons. The van der Waals surface area contributed by atoms with E-state index < -0.39 is 23.5 Å². The van der Waals surface area contributed by atoms with Gasteiger partial charge in [-0.25, -0.2) is 0 Å². The van der Waals surface area contributed by atoms with Crippen molar-refractivity contribution in [3.8, 4) is 11.5 Å². The molecule has 32 heavy (non-hydrogen) atoms. The number of aliphatic imine (C=N–C) groups is 2. The molecule has 1 saturated carbocycles. The molecule has 0 bridgehead atoms. The maximum atomic E-state index is 12.9. The Morgan fingerprint density at radius 2 is 1.12 bits per heavy atom. The van der Waals surface area contributed by atoms with Gasteiger partial charge in [-0.1, -0.05) is 0 Å². The molecule has 10 heteroatoms. The highest BCUT2D eigenvalue weighted by molar-refractivity contribution is 5.84. The third kappa shape index (κ3) is 6.02. The smallest absolute Gasteiger partial charge is 0.416 e. The van der Waals surface area contributed by atoms with Gasteiger partial charge in [0.2, 0.25) is 0 Å². The van der Waals surface area contributed by atoms with Crippen LogP contribution in [0.3, 0.4) is 0 Å². The Morgan fingerprint density at radius 3 is 1.50 bits per heavy atom. The number of phenolic OH excluding ortho intramolecular Hbond substituents is 2. The Bertz CT molecular complexity index is 935. The van der Waals surface area contributed by atoms with Crippen LogP contribution >= 0.6 is 0 Å². The van der Waals surface area contributed by atoms with Crippen LogP contribution in [0.1, 0.15) is 47.9 Å². The summed E-state index contributed by atoms with van der Waals surface area (Å²) in [6, 6.07) is 4.56. The van der Waals surface area contributed by atoms with Crippen LogP contribution in [0.25, 0.3) is 0 Å². The highest BCUT2D eigenvalue weighted by Gasteiger charge is 2.32. The lowest BCUT2D eigenvalue weighted by molar-refractivity contribution is -0.138. The van der Waals surface area contributed by atoms with Crippen molar-refractivity contribution < 1.29 is 36.6 Å². The molecule has 0 heterocycles. The first-order chi connectivity index (χ1) is 14.9. The van der Waals surface area contributed by atoms with Crippen molar-refractivity contribution >= 4 is 12.4 Å². The van der Waals surface area contributed by atoms with Crippen LogP contribution in [0, 0.1) is 0 Å². The fourth-order valence-electron chi connectivity index (χ4n) is 3.45. The van der Waals surface area contributed by atoms with E-state index in [2.05, 4.69) is 9.98 Å². The summed E-state index contributed by atoms with van der Waals surface area (Å²) in [5.41, 5.74) is -1.91. The van der Waals surface area contributed by atoms with E-state index in [0.29, 0.717) is 25.7 Å². The van der Waals surface area contributed by atoms with Gasteiger partial charge in [0.1, 0.15) is 11.5 Å². The van der Waals surface area contributed by atoms with E-state index in [9.17, 15) is 36.6 Å². The first-order valence-electron chi connectivity index (χ1n) is 9.80. The number of aromatic hydroxyl groups is 2. The molecule has 1 aliphatic carbocycles. The van der Waals surface area contributed by atoms with Gasteiger partial charge in [0.15, 0.2) is 0 Å². The van der Waals surface area contributed by atoms with E-state index >= 15 is 0 Å². The minimum atomic E-state index is -4.55. The highest BCUT2D eigenvalue weighted by Crippen LogP contribution is 2.33. The van der Waals surface area contributed by atoms with E-state index in [1.54, 1.807) is 0 Å². The Labute approximate surface area is 180 Å². The number of nitrogens with zero attached hydrogens (tertiary/aromatic N) is 2. The predicted octanol–water partition coefficient (Wildman–Crippen LogP) is 5.98. The summed E-state index contributed by atoms with van der Waals surface area (Å²) < 4.78 is 77.2. The average Bonchev–Trinajstić information content (AvgIpc) is 2.71. The van der Waals surface area contributed by atoms with Crippen LogP contribution in [0.2, 0.25) is 0 Å². The van der Waals surface area contributed by atoms with Crippen LogP contribution < -0.4 is 0 Å². The molecule has 1 aliphatic rings. The third-order valence-electron chi connectivity index (χ3n) is 5.18. The molecular formula is C22H20F6N2O2. The summed E-state index contributed by atoms with van der Waals surface area (Å²) in [7, 11) is 0. The van der Waals surface area contributed by atoms with Crippen LogP contribution in [0.15, 0.2) is 46.4 Å². The van der Waals surface area contributed by atoms with E-state index in [-0.39, 0.29) is 34.7 Å². The number of halogens is 6. The van der Waals surface area contributed by atoms with Gasteiger partial charge in [0, 0.05) is 23.6 Å². The van der Waals surface area contributed by atoms with Crippen molar-refractivity contribution in [1.82, 2.24) is 0 Å². The molecule has 0 aliphatic heterocycles. The second kappa shape index (κ2) is 9.22. The van der Waals surface area contributed by atoms with Crippen molar-refractivity contribution in [3.05, 3.63) is 58.7 Å². The number of rotatable bonds is 4. The van der Waals surface area contributed by atoms with Crippen LogP contribution in [0.4, 0.5) is 26.3 Å². The molecule has 3 rings (SSSR count). The molecule has 1 fully saturated rings. The molecule has 2 aromatic carbocycles. The fraction of sp³-hybridized carbons (Fsp3) is 0.364. The van der Waals surface area contributed by atoms with Gasteiger partial charge >= 0.3 is 12.4 Å². The molecule has 0 saturated heterocycles. The van der Waals surface area contributed by atoms with Crippen LogP contribution in [0.5, 0.6) is 11.5 Å². The van der Waals surface area contributed by atoms with Crippen molar-refractivity contribution in [3.63, 3.8) is 0 Å². The van der Waals surface area contributed by atoms with E-state index in [1.807, 2.05) is 0 Å². The lowest BCUT2D eigenvalue weighted by Gasteiger charge is -2.24. The standard InChI is InChI=1S/C22H20F6N2O2/c23-21(24,25)15-4-6-19(31)13(8-15)11-29-17-2-1-3-18(10-17)30-12-14-9-16(22(26,27)28)5-7-20(14)32/h4-9,11-12,17-18,31-32H,1-3,10H2. The average molecular weight is 458 g/mol. The van der Waals surface area contributed by atoms with Crippen LogP contribution in [-0.2, 0) is 12.4 Å². The minimum Gasteiger partial charge on any atom is -0.507 e. The molecule has 2 aromatic rings. The molecule has 2 unspecified atom stereocenters. The summed E-state index contributed by atoms with van der Waals surface area (Å²) in [6.07, 6.45) is -4.22. The van der Waals surface area contributed by atoms with Gasteiger partial charge in [-0.2, -0.15) is 26.3 Å². The molecule has 2 atom stereocenters. The van der Waals surface area contributed by atoms with Crippen molar-refractivity contribution in [2.24, 2.45) is 9.98 Å². The number of benzene rings is 2. The Morgan fingerprint density at radius 1 is 0.719 bits per heavy atom. The zero-order chi connectivity index (χ0) is 23.5. The van der Waals surface area contributed by atoms with Crippen molar-refractivity contribution in [2.75, 3.05) is 0 Å². The summed E-state index contributed by atoms with van der Waals surface area (Å²) in [5.74, 6) is -0.653. The monoisotopic (exact) mass is 458 g/mol. The summed E-state index contributed by atoms with van der Waals surface area (Å²) >= 11 is 0. The molecule has 4 nitrogen and oxygen atoms in total. The number of hydrogen-bond acceptors (Lipinski definition) is 4. The Hall–Kier alpha value is -3.04. The lowest BCUT2D eigenvalue weighted by Crippen LogP contribution is -2.21. The molecule has 0 aromatic heterocycles. The maximum absolute atomic E-state index is 12.9. The number of phenols is 2. The summed E-state index contributed by atoms with van der Waals surface area (Å²) in [5, 5.41) is 19.6. The topological polar surface area (TPSA) is 65.2 Å². The van der Waals surface area contributed by atoms with E-state index in [1.165, 1.54) is 12.4 Å². The first kappa shape index (κ1) is 23.6. The molecular weight excluding hydrogens is 438 g/mol.